The highest BCUT2D eigenvalue weighted by molar-refractivity contribution is 4.81. The minimum atomic E-state index is 0.862. The van der Waals surface area contributed by atoms with Crippen LogP contribution in [0, 0.1) is 0 Å². The van der Waals surface area contributed by atoms with Gasteiger partial charge >= 0.3 is 0 Å². The Bertz CT molecular complexity index is 326. The Hall–Kier alpha value is -0.340. The lowest BCUT2D eigenvalue weighted by molar-refractivity contribution is 0.536. The van der Waals surface area contributed by atoms with Crippen molar-refractivity contribution < 1.29 is 0 Å². The maximum absolute atomic E-state index is 5.47. The molecule has 2 heteroatoms. The fourth-order valence-corrected chi connectivity index (χ4v) is 4.38. The van der Waals surface area contributed by atoms with Gasteiger partial charge in [-0.2, -0.15) is 0 Å². The van der Waals surface area contributed by atoms with E-state index in [1.807, 2.05) is 0 Å². The highest BCUT2D eigenvalue weighted by Gasteiger charge is 1.93. The summed E-state index contributed by atoms with van der Waals surface area (Å²) in [5.74, 6) is 0. The molecule has 0 heterocycles. The van der Waals surface area contributed by atoms with Crippen molar-refractivity contribution >= 4 is 0 Å². The number of unbranched alkanes of at least 4 members (excludes halogenated alkanes) is 23. The van der Waals surface area contributed by atoms with Crippen LogP contribution in [0.5, 0.6) is 0 Å². The predicted octanol–water partition coefficient (Wildman–Crippen LogP) is 10.6. The summed E-state index contributed by atoms with van der Waals surface area (Å²) in [6.45, 7) is 6.29. The summed E-state index contributed by atoms with van der Waals surface area (Å²) in [5, 5.41) is 0. The van der Waals surface area contributed by atoms with Gasteiger partial charge in [-0.15, -0.1) is 0 Å². The first-order valence-corrected chi connectivity index (χ1v) is 15.9. The van der Waals surface area contributed by atoms with Crippen molar-refractivity contribution in [3.63, 3.8) is 0 Å². The normalized spacial score (nSPS) is 11.2. The van der Waals surface area contributed by atoms with Gasteiger partial charge in [0, 0.05) is 0 Å². The van der Waals surface area contributed by atoms with Gasteiger partial charge in [0.05, 0.1) is 0 Å². The van der Waals surface area contributed by atoms with Crippen LogP contribution in [0.25, 0.3) is 0 Å². The summed E-state index contributed by atoms with van der Waals surface area (Å²) >= 11 is 0. The zero-order valence-corrected chi connectivity index (χ0v) is 24.1. The first-order chi connectivity index (χ1) is 16.8. The van der Waals surface area contributed by atoms with E-state index < -0.39 is 0 Å². The molecule has 0 aromatic rings. The zero-order valence-electron chi connectivity index (χ0n) is 24.1. The molecule has 0 amide bonds. The van der Waals surface area contributed by atoms with Gasteiger partial charge in [-0.05, 0) is 51.6 Å². The second-order valence-corrected chi connectivity index (χ2v) is 10.4. The third-order valence-electron chi connectivity index (χ3n) is 6.77. The molecular weight excluding hydrogens is 412 g/mol. The van der Waals surface area contributed by atoms with E-state index in [0.29, 0.717) is 0 Å². The van der Waals surface area contributed by atoms with Crippen LogP contribution >= 0.6 is 0 Å². The minimum absolute atomic E-state index is 0.862. The first-order valence-electron chi connectivity index (χ1n) is 15.9. The molecule has 0 saturated carbocycles. The van der Waals surface area contributed by atoms with Gasteiger partial charge in [0.1, 0.15) is 0 Å². The fraction of sp³-hybridized carbons (Fsp3) is 0.938. The highest BCUT2D eigenvalue weighted by atomic mass is 14.5. The van der Waals surface area contributed by atoms with Crippen molar-refractivity contribution in [3.8, 4) is 0 Å². The van der Waals surface area contributed by atoms with Crippen LogP contribution in [0.3, 0.4) is 0 Å². The molecule has 0 unspecified atom stereocenters. The van der Waals surface area contributed by atoms with Crippen molar-refractivity contribution in [1.82, 2.24) is 0 Å². The Morgan fingerprint density at radius 2 is 0.559 bits per heavy atom. The van der Waals surface area contributed by atoms with E-state index in [1.54, 1.807) is 0 Å². The average Bonchev–Trinajstić information content (AvgIpc) is 2.85. The predicted molar refractivity (Wildman–Crippen MR) is 159 cm³/mol. The van der Waals surface area contributed by atoms with Gasteiger partial charge in [0.25, 0.3) is 0 Å². The minimum Gasteiger partial charge on any atom is -0.330 e. The fourth-order valence-electron chi connectivity index (χ4n) is 4.38. The number of hydrogen-bond donors (Lipinski definition) is 2. The molecule has 0 aliphatic heterocycles. The van der Waals surface area contributed by atoms with Crippen LogP contribution in [0.15, 0.2) is 12.2 Å². The van der Waals surface area contributed by atoms with E-state index in [2.05, 4.69) is 26.0 Å². The summed E-state index contributed by atoms with van der Waals surface area (Å²) in [6.07, 6.45) is 40.8. The molecule has 0 radical (unpaired) electrons. The zero-order chi connectivity index (χ0) is 25.2. The summed E-state index contributed by atoms with van der Waals surface area (Å²) in [5.41, 5.74) is 10.9. The number of hydrogen-bond acceptors (Lipinski definition) is 2. The molecule has 2 nitrogen and oxygen atoms in total. The highest BCUT2D eigenvalue weighted by Crippen LogP contribution is 2.13. The SMILES string of the molecule is CCCCCC/C=C\CCCCCCCCN.CCCCCCCCCCCCCCCCN. The average molecular weight is 481 g/mol. The lowest BCUT2D eigenvalue weighted by atomic mass is 10.0. The molecule has 0 fully saturated rings. The number of allylic oxidation sites excluding steroid dienone is 2. The Kier molecular flexibility index (Phi) is 39.2. The standard InChI is InChI=1S/C16H35N.C16H33N/c2*1-2-3-4-5-6-7-8-9-10-11-12-13-14-15-16-17/h2-17H2,1H3;7-8H,2-6,9-17H2,1H3/b;8-7-. The Morgan fingerprint density at radius 3 is 0.853 bits per heavy atom. The molecule has 0 bridgehead atoms. The summed E-state index contributed by atoms with van der Waals surface area (Å²) in [6, 6.07) is 0. The Morgan fingerprint density at radius 1 is 0.324 bits per heavy atom. The van der Waals surface area contributed by atoms with Crippen molar-refractivity contribution in [2.24, 2.45) is 11.5 Å². The van der Waals surface area contributed by atoms with E-state index in [4.69, 9.17) is 11.5 Å². The molecule has 0 rings (SSSR count). The monoisotopic (exact) mass is 481 g/mol. The lowest BCUT2D eigenvalue weighted by Crippen LogP contribution is -1.97. The van der Waals surface area contributed by atoms with E-state index in [1.165, 1.54) is 167 Å². The van der Waals surface area contributed by atoms with Crippen LogP contribution < -0.4 is 11.5 Å². The van der Waals surface area contributed by atoms with Gasteiger partial charge in [-0.1, -0.05) is 154 Å². The molecule has 0 spiro atoms. The lowest BCUT2D eigenvalue weighted by Gasteiger charge is -2.02. The van der Waals surface area contributed by atoms with Crippen molar-refractivity contribution in [3.05, 3.63) is 12.2 Å². The summed E-state index contributed by atoms with van der Waals surface area (Å²) < 4.78 is 0. The largest absolute Gasteiger partial charge is 0.330 e. The Labute approximate surface area is 217 Å². The molecule has 0 atom stereocenters. The van der Waals surface area contributed by atoms with Gasteiger partial charge in [-0.25, -0.2) is 0 Å². The van der Waals surface area contributed by atoms with Gasteiger partial charge in [0.2, 0.25) is 0 Å². The number of rotatable bonds is 27. The molecule has 0 aliphatic rings. The molecule has 34 heavy (non-hydrogen) atoms. The second kappa shape index (κ2) is 37.2. The van der Waals surface area contributed by atoms with Crippen LogP contribution in [0.2, 0.25) is 0 Å². The maximum atomic E-state index is 5.47. The Balaban J connectivity index is 0. The van der Waals surface area contributed by atoms with Crippen molar-refractivity contribution in [2.75, 3.05) is 13.1 Å². The number of nitrogens with two attached hydrogens (primary N) is 2. The van der Waals surface area contributed by atoms with Gasteiger partial charge in [0.15, 0.2) is 0 Å². The van der Waals surface area contributed by atoms with E-state index in [-0.39, 0.29) is 0 Å². The topological polar surface area (TPSA) is 52.0 Å². The molecular formula is C32H68N2. The van der Waals surface area contributed by atoms with Gasteiger partial charge < -0.3 is 11.5 Å². The quantitative estimate of drug-likeness (QED) is 0.0906. The van der Waals surface area contributed by atoms with Gasteiger partial charge in [-0.3, -0.25) is 0 Å². The second-order valence-electron chi connectivity index (χ2n) is 10.4. The van der Waals surface area contributed by atoms with Crippen LogP contribution in [0.1, 0.15) is 181 Å². The van der Waals surface area contributed by atoms with Crippen molar-refractivity contribution in [2.45, 2.75) is 181 Å². The van der Waals surface area contributed by atoms with Crippen LogP contribution in [-0.4, -0.2) is 13.1 Å². The third kappa shape index (κ3) is 38.9. The van der Waals surface area contributed by atoms with E-state index in [9.17, 15) is 0 Å². The first kappa shape index (κ1) is 35.8. The molecule has 206 valence electrons. The smallest absolute Gasteiger partial charge is 0.00773 e. The molecule has 4 N–H and O–H groups in total. The van der Waals surface area contributed by atoms with Crippen LogP contribution in [-0.2, 0) is 0 Å². The third-order valence-corrected chi connectivity index (χ3v) is 6.77. The molecule has 0 aromatic carbocycles. The molecule has 0 saturated heterocycles. The van der Waals surface area contributed by atoms with E-state index >= 15 is 0 Å². The summed E-state index contributed by atoms with van der Waals surface area (Å²) in [7, 11) is 0. The molecule has 0 aliphatic carbocycles. The van der Waals surface area contributed by atoms with Crippen LogP contribution in [0.4, 0.5) is 0 Å². The van der Waals surface area contributed by atoms with Crippen molar-refractivity contribution in [1.29, 1.82) is 0 Å². The summed E-state index contributed by atoms with van der Waals surface area (Å²) in [4.78, 5) is 0. The van der Waals surface area contributed by atoms with E-state index in [0.717, 1.165) is 13.1 Å². The molecule has 0 aromatic heterocycles. The maximum Gasteiger partial charge on any atom is -0.00773 e.